The van der Waals surface area contributed by atoms with Crippen molar-refractivity contribution in [3.8, 4) is 0 Å². The molecule has 0 fully saturated rings. The van der Waals surface area contributed by atoms with Crippen LogP contribution in [0.4, 0.5) is 0 Å². The molecule has 0 saturated carbocycles. The maximum Gasteiger partial charge on any atom is 0.149 e. The first kappa shape index (κ1) is 7.12. The summed E-state index contributed by atoms with van der Waals surface area (Å²) < 4.78 is 0. The van der Waals surface area contributed by atoms with Crippen LogP contribution in [0, 0.1) is 11.8 Å². The first-order chi connectivity index (χ1) is 4.72. The number of hydrogen-bond acceptors (Lipinski definition) is 3. The minimum absolute atomic E-state index is 0.0704. The van der Waals surface area contributed by atoms with Crippen LogP contribution in [-0.2, 0) is 4.79 Å². The van der Waals surface area contributed by atoms with Crippen LogP contribution in [0.25, 0.3) is 0 Å². The lowest BCUT2D eigenvalue weighted by Crippen LogP contribution is -2.20. The third-order valence-corrected chi connectivity index (χ3v) is 1.42. The van der Waals surface area contributed by atoms with Gasteiger partial charge in [-0.1, -0.05) is 13.8 Å². The van der Waals surface area contributed by atoms with Crippen LogP contribution >= 0.6 is 0 Å². The van der Waals surface area contributed by atoms with Gasteiger partial charge in [-0.2, -0.15) is 10.2 Å². The van der Waals surface area contributed by atoms with Gasteiger partial charge in [-0.05, 0) is 0 Å². The summed E-state index contributed by atoms with van der Waals surface area (Å²) in [5.41, 5.74) is 0. The number of ketones is 1. The summed E-state index contributed by atoms with van der Waals surface area (Å²) >= 11 is 0. The Morgan fingerprint density at radius 3 is 2.30 bits per heavy atom. The van der Waals surface area contributed by atoms with Crippen molar-refractivity contribution < 1.29 is 4.79 Å². The third-order valence-electron chi connectivity index (χ3n) is 1.42. The van der Waals surface area contributed by atoms with Gasteiger partial charge in [0.05, 0.1) is 5.92 Å². The first-order valence-corrected chi connectivity index (χ1v) is 3.32. The van der Waals surface area contributed by atoms with Gasteiger partial charge in [0.1, 0.15) is 5.78 Å². The van der Waals surface area contributed by atoms with E-state index < -0.39 is 0 Å². The SMILES string of the molecule is CC(C)C(=O)C1C=NN=C1. The fourth-order valence-electron chi connectivity index (χ4n) is 0.791. The lowest BCUT2D eigenvalue weighted by Gasteiger charge is -2.03. The molecule has 0 spiro atoms. The molecule has 10 heavy (non-hydrogen) atoms. The number of hydrogen-bond donors (Lipinski definition) is 0. The molecule has 0 saturated heterocycles. The summed E-state index contributed by atoms with van der Waals surface area (Å²) in [5, 5.41) is 7.18. The number of nitrogens with zero attached hydrogens (tertiary/aromatic N) is 2. The van der Waals surface area contributed by atoms with E-state index in [0.717, 1.165) is 0 Å². The molecule has 3 heteroatoms. The lowest BCUT2D eigenvalue weighted by molar-refractivity contribution is -0.122. The Hall–Kier alpha value is -0.990. The smallest absolute Gasteiger partial charge is 0.149 e. The van der Waals surface area contributed by atoms with Crippen molar-refractivity contribution in [1.82, 2.24) is 0 Å². The summed E-state index contributed by atoms with van der Waals surface area (Å²) in [4.78, 5) is 11.2. The molecule has 1 heterocycles. The number of carbonyl (C=O) groups excluding carboxylic acids is 1. The van der Waals surface area contributed by atoms with Gasteiger partial charge in [-0.3, -0.25) is 4.79 Å². The molecule has 1 rings (SSSR count). The Bertz CT molecular complexity index is 182. The second kappa shape index (κ2) is 2.73. The van der Waals surface area contributed by atoms with Crippen molar-refractivity contribution in [2.45, 2.75) is 13.8 Å². The predicted octanol–water partition coefficient (Wildman–Crippen LogP) is 0.898. The van der Waals surface area contributed by atoms with Crippen LogP contribution in [0.3, 0.4) is 0 Å². The van der Waals surface area contributed by atoms with E-state index in [-0.39, 0.29) is 17.6 Å². The van der Waals surface area contributed by atoms with E-state index in [9.17, 15) is 4.79 Å². The standard InChI is InChI=1S/C7H10N2O/c1-5(2)7(10)6-3-8-9-4-6/h3-6H,1-2H3. The van der Waals surface area contributed by atoms with Crippen molar-refractivity contribution in [3.05, 3.63) is 0 Å². The number of rotatable bonds is 2. The predicted molar refractivity (Wildman–Crippen MR) is 40.3 cm³/mol. The highest BCUT2D eigenvalue weighted by molar-refractivity contribution is 6.10. The van der Waals surface area contributed by atoms with Crippen LogP contribution in [0.5, 0.6) is 0 Å². The van der Waals surface area contributed by atoms with Crippen LogP contribution in [-0.4, -0.2) is 18.2 Å². The quantitative estimate of drug-likeness (QED) is 0.559. The molecule has 0 aromatic carbocycles. The second-order valence-electron chi connectivity index (χ2n) is 2.61. The number of carbonyl (C=O) groups is 1. The minimum Gasteiger partial charge on any atom is -0.298 e. The fraction of sp³-hybridized carbons (Fsp3) is 0.571. The Labute approximate surface area is 59.8 Å². The van der Waals surface area contributed by atoms with Crippen LogP contribution in [0.2, 0.25) is 0 Å². The molecular weight excluding hydrogens is 128 g/mol. The van der Waals surface area contributed by atoms with E-state index in [0.29, 0.717) is 0 Å². The highest BCUT2D eigenvalue weighted by atomic mass is 16.1. The van der Waals surface area contributed by atoms with Crippen LogP contribution in [0.1, 0.15) is 13.8 Å². The molecule has 0 aromatic rings. The molecule has 3 nitrogen and oxygen atoms in total. The molecule has 0 radical (unpaired) electrons. The van der Waals surface area contributed by atoms with Crippen molar-refractivity contribution in [1.29, 1.82) is 0 Å². The van der Waals surface area contributed by atoms with E-state index >= 15 is 0 Å². The zero-order valence-electron chi connectivity index (χ0n) is 6.11. The largest absolute Gasteiger partial charge is 0.298 e. The van der Waals surface area contributed by atoms with Gasteiger partial charge in [0.2, 0.25) is 0 Å². The van der Waals surface area contributed by atoms with Crippen molar-refractivity contribution >= 4 is 18.2 Å². The maximum atomic E-state index is 11.2. The van der Waals surface area contributed by atoms with Gasteiger partial charge in [0, 0.05) is 18.3 Å². The van der Waals surface area contributed by atoms with Gasteiger partial charge >= 0.3 is 0 Å². The molecule has 0 aromatic heterocycles. The molecule has 1 aliphatic rings. The highest BCUT2D eigenvalue weighted by Crippen LogP contribution is 2.06. The molecule has 0 N–H and O–H groups in total. The zero-order chi connectivity index (χ0) is 7.56. The summed E-state index contributed by atoms with van der Waals surface area (Å²) in [7, 11) is 0. The summed E-state index contributed by atoms with van der Waals surface area (Å²) in [6.45, 7) is 3.75. The summed E-state index contributed by atoms with van der Waals surface area (Å²) in [6, 6.07) is 0. The van der Waals surface area contributed by atoms with Crippen molar-refractivity contribution in [3.63, 3.8) is 0 Å². The lowest BCUT2D eigenvalue weighted by atomic mass is 9.98. The van der Waals surface area contributed by atoms with E-state index in [2.05, 4.69) is 10.2 Å². The number of Topliss-reactive ketones (excluding diaryl/α,β-unsaturated/α-hetero) is 1. The maximum absolute atomic E-state index is 11.2. The Balaban J connectivity index is 2.58. The first-order valence-electron chi connectivity index (χ1n) is 3.32. The van der Waals surface area contributed by atoms with E-state index in [1.54, 1.807) is 12.4 Å². The van der Waals surface area contributed by atoms with E-state index in [4.69, 9.17) is 0 Å². The zero-order valence-corrected chi connectivity index (χ0v) is 6.11. The molecule has 0 amide bonds. The summed E-state index contributed by atoms with van der Waals surface area (Å²) in [6.07, 6.45) is 3.14. The van der Waals surface area contributed by atoms with Gasteiger partial charge in [-0.15, -0.1) is 0 Å². The normalized spacial score (nSPS) is 17.1. The van der Waals surface area contributed by atoms with Gasteiger partial charge in [0.15, 0.2) is 0 Å². The molecular formula is C7H10N2O. The van der Waals surface area contributed by atoms with Crippen molar-refractivity contribution in [2.75, 3.05) is 0 Å². The van der Waals surface area contributed by atoms with Gasteiger partial charge in [0.25, 0.3) is 0 Å². The topological polar surface area (TPSA) is 41.8 Å². The molecule has 1 aliphatic heterocycles. The fourth-order valence-corrected chi connectivity index (χ4v) is 0.791. The highest BCUT2D eigenvalue weighted by Gasteiger charge is 2.19. The minimum atomic E-state index is -0.167. The van der Waals surface area contributed by atoms with Gasteiger partial charge in [-0.25, -0.2) is 0 Å². The molecule has 0 bridgehead atoms. The van der Waals surface area contributed by atoms with Crippen molar-refractivity contribution in [2.24, 2.45) is 22.0 Å². The molecule has 0 unspecified atom stereocenters. The van der Waals surface area contributed by atoms with E-state index in [1.807, 2.05) is 13.8 Å². The Morgan fingerprint density at radius 2 is 1.90 bits per heavy atom. The average molecular weight is 138 g/mol. The Kier molecular flexibility index (Phi) is 1.94. The molecule has 54 valence electrons. The summed E-state index contributed by atoms with van der Waals surface area (Å²) in [5.74, 6) is 0.0889. The van der Waals surface area contributed by atoms with Gasteiger partial charge < -0.3 is 0 Å². The Morgan fingerprint density at radius 1 is 1.40 bits per heavy atom. The monoisotopic (exact) mass is 138 g/mol. The molecule has 0 atom stereocenters. The average Bonchev–Trinajstić information content (AvgIpc) is 2.36. The van der Waals surface area contributed by atoms with Crippen LogP contribution in [0.15, 0.2) is 10.2 Å². The van der Waals surface area contributed by atoms with E-state index in [1.165, 1.54) is 0 Å². The second-order valence-corrected chi connectivity index (χ2v) is 2.61. The molecule has 0 aliphatic carbocycles. The van der Waals surface area contributed by atoms with Crippen LogP contribution < -0.4 is 0 Å². The third kappa shape index (κ3) is 1.29.